The van der Waals surface area contributed by atoms with Crippen LogP contribution in [0.25, 0.3) is 0 Å². The van der Waals surface area contributed by atoms with Gasteiger partial charge < -0.3 is 5.11 Å². The molecule has 3 nitrogen and oxygen atoms in total. The monoisotopic (exact) mass is 190 g/mol. The SMILES string of the molecule is CN=Nc1c(O)ccc2c1CCCC2. The van der Waals surface area contributed by atoms with Crippen LogP contribution in [0.2, 0.25) is 0 Å². The lowest BCUT2D eigenvalue weighted by atomic mass is 9.90. The standard InChI is InChI=1S/C11H14N2O/c1-12-13-11-9-5-3-2-4-8(9)6-7-10(11)14/h6-7,14H,2-5H2,1H3. The Bertz CT molecular complexity index is 372. The second-order valence-electron chi connectivity index (χ2n) is 3.58. The third kappa shape index (κ3) is 1.50. The van der Waals surface area contributed by atoms with Crippen LogP contribution >= 0.6 is 0 Å². The first-order chi connectivity index (χ1) is 6.83. The second-order valence-corrected chi connectivity index (χ2v) is 3.58. The molecule has 1 N–H and O–H groups in total. The first-order valence-corrected chi connectivity index (χ1v) is 4.96. The van der Waals surface area contributed by atoms with E-state index >= 15 is 0 Å². The zero-order valence-electron chi connectivity index (χ0n) is 8.32. The minimum atomic E-state index is 0.247. The van der Waals surface area contributed by atoms with Crippen molar-refractivity contribution in [1.82, 2.24) is 0 Å². The average molecular weight is 190 g/mol. The predicted molar refractivity (Wildman–Crippen MR) is 55.2 cm³/mol. The van der Waals surface area contributed by atoms with E-state index in [0.29, 0.717) is 5.69 Å². The van der Waals surface area contributed by atoms with Crippen LogP contribution in [0.1, 0.15) is 24.0 Å². The first-order valence-electron chi connectivity index (χ1n) is 4.96. The van der Waals surface area contributed by atoms with Gasteiger partial charge in [0.1, 0.15) is 11.4 Å². The van der Waals surface area contributed by atoms with Gasteiger partial charge in [0.2, 0.25) is 0 Å². The summed E-state index contributed by atoms with van der Waals surface area (Å²) in [6.45, 7) is 0. The minimum Gasteiger partial charge on any atom is -0.506 e. The van der Waals surface area contributed by atoms with Gasteiger partial charge in [-0.25, -0.2) is 0 Å². The highest BCUT2D eigenvalue weighted by Crippen LogP contribution is 2.36. The lowest BCUT2D eigenvalue weighted by molar-refractivity contribution is 0.474. The molecule has 0 saturated carbocycles. The summed E-state index contributed by atoms with van der Waals surface area (Å²) in [4.78, 5) is 0. The summed E-state index contributed by atoms with van der Waals surface area (Å²) in [5.41, 5.74) is 3.17. The van der Waals surface area contributed by atoms with Crippen LogP contribution in [0.4, 0.5) is 5.69 Å². The molecule has 0 spiro atoms. The molecule has 1 aliphatic rings. The molecule has 3 heteroatoms. The molecule has 0 aliphatic heterocycles. The fourth-order valence-electron chi connectivity index (χ4n) is 2.01. The van der Waals surface area contributed by atoms with Crippen LogP contribution in [0, 0.1) is 0 Å². The predicted octanol–water partition coefficient (Wildman–Crippen LogP) is 2.98. The Morgan fingerprint density at radius 1 is 1.21 bits per heavy atom. The van der Waals surface area contributed by atoms with Crippen LogP contribution < -0.4 is 0 Å². The van der Waals surface area contributed by atoms with Gasteiger partial charge in [-0.05, 0) is 42.9 Å². The van der Waals surface area contributed by atoms with Crippen molar-refractivity contribution in [3.63, 3.8) is 0 Å². The number of phenolic OH excluding ortho intramolecular Hbond substituents is 1. The molecular weight excluding hydrogens is 176 g/mol. The van der Waals surface area contributed by atoms with Crippen molar-refractivity contribution in [3.8, 4) is 5.75 Å². The topological polar surface area (TPSA) is 45.0 Å². The maximum atomic E-state index is 9.64. The molecule has 0 saturated heterocycles. The summed E-state index contributed by atoms with van der Waals surface area (Å²) in [7, 11) is 1.63. The smallest absolute Gasteiger partial charge is 0.143 e. The molecule has 0 bridgehead atoms. The summed E-state index contributed by atoms with van der Waals surface area (Å²) >= 11 is 0. The second kappa shape index (κ2) is 3.78. The Hall–Kier alpha value is -1.38. The number of benzene rings is 1. The summed E-state index contributed by atoms with van der Waals surface area (Å²) < 4.78 is 0. The van der Waals surface area contributed by atoms with Crippen molar-refractivity contribution < 1.29 is 5.11 Å². The number of phenols is 1. The third-order valence-corrected chi connectivity index (χ3v) is 2.68. The van der Waals surface area contributed by atoms with E-state index in [1.807, 2.05) is 6.07 Å². The largest absolute Gasteiger partial charge is 0.506 e. The van der Waals surface area contributed by atoms with Gasteiger partial charge in [0, 0.05) is 7.05 Å². The molecule has 1 aliphatic carbocycles. The van der Waals surface area contributed by atoms with Crippen molar-refractivity contribution in [2.24, 2.45) is 10.2 Å². The van der Waals surface area contributed by atoms with Crippen molar-refractivity contribution in [2.75, 3.05) is 7.05 Å². The van der Waals surface area contributed by atoms with E-state index in [1.54, 1.807) is 13.1 Å². The van der Waals surface area contributed by atoms with Gasteiger partial charge >= 0.3 is 0 Å². The fraction of sp³-hybridized carbons (Fsp3) is 0.455. The van der Waals surface area contributed by atoms with E-state index in [1.165, 1.54) is 24.0 Å². The molecule has 2 rings (SSSR count). The van der Waals surface area contributed by atoms with Crippen LogP contribution in [-0.4, -0.2) is 12.2 Å². The number of fused-ring (bicyclic) bond motifs is 1. The maximum absolute atomic E-state index is 9.64. The molecule has 0 unspecified atom stereocenters. The van der Waals surface area contributed by atoms with Gasteiger partial charge in [-0.3, -0.25) is 0 Å². The number of hydrogen-bond donors (Lipinski definition) is 1. The molecule has 0 aromatic heterocycles. The molecule has 0 radical (unpaired) electrons. The number of aromatic hydroxyl groups is 1. The van der Waals surface area contributed by atoms with E-state index < -0.39 is 0 Å². The Morgan fingerprint density at radius 3 is 2.79 bits per heavy atom. The van der Waals surface area contributed by atoms with Crippen LogP contribution in [0.15, 0.2) is 22.4 Å². The van der Waals surface area contributed by atoms with Gasteiger partial charge in [0.25, 0.3) is 0 Å². The highest BCUT2D eigenvalue weighted by Gasteiger charge is 2.15. The molecule has 14 heavy (non-hydrogen) atoms. The summed E-state index contributed by atoms with van der Waals surface area (Å²) in [5.74, 6) is 0.247. The molecule has 0 fully saturated rings. The number of nitrogens with zero attached hydrogens (tertiary/aromatic N) is 2. The molecule has 74 valence electrons. The Kier molecular flexibility index (Phi) is 2.48. The first kappa shape index (κ1) is 9.19. The lowest BCUT2D eigenvalue weighted by Crippen LogP contribution is -2.02. The molecule has 0 atom stereocenters. The molecule has 1 aromatic rings. The van der Waals surface area contributed by atoms with Crippen molar-refractivity contribution >= 4 is 5.69 Å². The van der Waals surface area contributed by atoms with Gasteiger partial charge in [-0.1, -0.05) is 6.07 Å². The van der Waals surface area contributed by atoms with Gasteiger partial charge in [-0.15, -0.1) is 0 Å². The highest BCUT2D eigenvalue weighted by atomic mass is 16.3. The number of rotatable bonds is 1. The normalized spacial score (nSPS) is 15.8. The van der Waals surface area contributed by atoms with Crippen LogP contribution in [0.3, 0.4) is 0 Å². The summed E-state index contributed by atoms with van der Waals surface area (Å²) in [6.07, 6.45) is 4.53. The van der Waals surface area contributed by atoms with Gasteiger partial charge in [-0.2, -0.15) is 10.2 Å². The molecular formula is C11H14N2O. The Balaban J connectivity index is 2.54. The van der Waals surface area contributed by atoms with Gasteiger partial charge in [0.05, 0.1) is 0 Å². The average Bonchev–Trinajstić information content (AvgIpc) is 2.23. The number of azo groups is 1. The zero-order valence-corrected chi connectivity index (χ0v) is 8.32. The van der Waals surface area contributed by atoms with Crippen molar-refractivity contribution in [2.45, 2.75) is 25.7 Å². The Morgan fingerprint density at radius 2 is 2.00 bits per heavy atom. The maximum Gasteiger partial charge on any atom is 0.143 e. The lowest BCUT2D eigenvalue weighted by Gasteiger charge is -2.17. The van der Waals surface area contributed by atoms with E-state index in [0.717, 1.165) is 12.8 Å². The molecule has 1 aromatic carbocycles. The zero-order chi connectivity index (χ0) is 9.97. The van der Waals surface area contributed by atoms with Gasteiger partial charge in [0.15, 0.2) is 0 Å². The van der Waals surface area contributed by atoms with Crippen LogP contribution in [0.5, 0.6) is 5.75 Å². The van der Waals surface area contributed by atoms with Crippen LogP contribution in [-0.2, 0) is 12.8 Å². The van der Waals surface area contributed by atoms with Crippen molar-refractivity contribution in [3.05, 3.63) is 23.3 Å². The number of hydrogen-bond acceptors (Lipinski definition) is 3. The van der Waals surface area contributed by atoms with E-state index in [2.05, 4.69) is 10.2 Å². The highest BCUT2D eigenvalue weighted by molar-refractivity contribution is 5.60. The minimum absolute atomic E-state index is 0.247. The van der Waals surface area contributed by atoms with Crippen molar-refractivity contribution in [1.29, 1.82) is 0 Å². The number of aryl methyl sites for hydroxylation is 1. The fourth-order valence-corrected chi connectivity index (χ4v) is 2.01. The van der Waals surface area contributed by atoms with E-state index in [-0.39, 0.29) is 5.75 Å². The van der Waals surface area contributed by atoms with E-state index in [9.17, 15) is 5.11 Å². The molecule has 0 amide bonds. The summed E-state index contributed by atoms with van der Waals surface area (Å²) in [6, 6.07) is 3.71. The summed E-state index contributed by atoms with van der Waals surface area (Å²) in [5, 5.41) is 17.4. The molecule has 0 heterocycles. The quantitative estimate of drug-likeness (QED) is 0.680. The Labute approximate surface area is 83.5 Å². The van der Waals surface area contributed by atoms with E-state index in [4.69, 9.17) is 0 Å². The third-order valence-electron chi connectivity index (χ3n) is 2.68.